The molecule has 0 radical (unpaired) electrons. The predicted octanol–water partition coefficient (Wildman–Crippen LogP) is 3.77. The lowest BCUT2D eigenvalue weighted by Crippen LogP contribution is -2.51. The Kier molecular flexibility index (Phi) is 5.98. The van der Waals surface area contributed by atoms with E-state index < -0.39 is 0 Å². The minimum atomic E-state index is 0.0328. The van der Waals surface area contributed by atoms with Crippen LogP contribution in [0.15, 0.2) is 66.7 Å². The van der Waals surface area contributed by atoms with Gasteiger partial charge in [0.1, 0.15) is 5.75 Å². The number of hydrogen-bond acceptors (Lipinski definition) is 3. The molecule has 30 heavy (non-hydrogen) atoms. The van der Waals surface area contributed by atoms with Crippen LogP contribution in [0.25, 0.3) is 10.8 Å². The van der Waals surface area contributed by atoms with Gasteiger partial charge < -0.3 is 14.5 Å². The highest BCUT2D eigenvalue weighted by atomic mass is 16.5. The first kappa shape index (κ1) is 20.0. The van der Waals surface area contributed by atoms with Crippen LogP contribution in [0.5, 0.6) is 5.75 Å². The second-order valence-corrected chi connectivity index (χ2v) is 7.45. The first-order chi connectivity index (χ1) is 14.7. The fourth-order valence-corrected chi connectivity index (χ4v) is 3.90. The molecule has 0 atom stereocenters. The molecule has 1 aliphatic rings. The van der Waals surface area contributed by atoms with Gasteiger partial charge in [-0.15, -0.1) is 0 Å². The van der Waals surface area contributed by atoms with E-state index in [2.05, 4.69) is 0 Å². The van der Waals surface area contributed by atoms with Crippen LogP contribution in [0, 0.1) is 0 Å². The van der Waals surface area contributed by atoms with Gasteiger partial charge in [-0.05, 0) is 41.5 Å². The van der Waals surface area contributed by atoms with E-state index in [1.54, 1.807) is 0 Å². The van der Waals surface area contributed by atoms with E-state index in [1.165, 1.54) is 0 Å². The lowest BCUT2D eigenvalue weighted by Gasteiger charge is -2.35. The Bertz CT molecular complexity index is 1030. The number of ether oxygens (including phenoxy) is 1. The quantitative estimate of drug-likeness (QED) is 0.653. The number of carbonyl (C=O) groups excluding carboxylic acids is 2. The van der Waals surface area contributed by atoms with Crippen molar-refractivity contribution in [1.82, 2.24) is 9.80 Å². The molecule has 2 amide bonds. The molecule has 1 fully saturated rings. The molecule has 0 bridgehead atoms. The number of piperazine rings is 1. The molecule has 1 heterocycles. The van der Waals surface area contributed by atoms with Crippen molar-refractivity contribution in [2.24, 2.45) is 0 Å². The number of benzene rings is 3. The zero-order valence-electron chi connectivity index (χ0n) is 17.2. The number of nitrogens with zero attached hydrogens (tertiary/aromatic N) is 2. The third-order valence-electron chi connectivity index (χ3n) is 5.53. The van der Waals surface area contributed by atoms with E-state index in [0.29, 0.717) is 39.2 Å². The molecule has 0 N–H and O–H groups in total. The first-order valence-electron chi connectivity index (χ1n) is 10.4. The highest BCUT2D eigenvalue weighted by Gasteiger charge is 2.25. The molecular formula is C25H26N2O3. The average Bonchev–Trinajstić information content (AvgIpc) is 2.80. The molecule has 3 aromatic carbocycles. The molecule has 0 aromatic heterocycles. The number of hydrogen-bond donors (Lipinski definition) is 0. The largest absolute Gasteiger partial charge is 0.494 e. The van der Waals surface area contributed by atoms with Crippen molar-refractivity contribution in [2.45, 2.75) is 13.3 Å². The van der Waals surface area contributed by atoms with Crippen molar-refractivity contribution in [3.8, 4) is 5.75 Å². The van der Waals surface area contributed by atoms with Crippen molar-refractivity contribution in [1.29, 1.82) is 0 Å². The van der Waals surface area contributed by atoms with Gasteiger partial charge in [-0.2, -0.15) is 0 Å². The number of carbonyl (C=O) groups is 2. The van der Waals surface area contributed by atoms with Crippen LogP contribution in [0.4, 0.5) is 0 Å². The van der Waals surface area contributed by atoms with Gasteiger partial charge in [0.05, 0.1) is 13.0 Å². The van der Waals surface area contributed by atoms with Gasteiger partial charge in [0.25, 0.3) is 5.91 Å². The minimum Gasteiger partial charge on any atom is -0.494 e. The van der Waals surface area contributed by atoms with Crippen molar-refractivity contribution >= 4 is 22.6 Å². The maximum Gasteiger partial charge on any atom is 0.254 e. The van der Waals surface area contributed by atoms with E-state index in [1.807, 2.05) is 83.5 Å². The molecule has 4 rings (SSSR count). The van der Waals surface area contributed by atoms with Crippen LogP contribution in [-0.4, -0.2) is 54.4 Å². The van der Waals surface area contributed by atoms with E-state index in [0.717, 1.165) is 27.6 Å². The van der Waals surface area contributed by atoms with Crippen LogP contribution < -0.4 is 4.74 Å². The number of fused-ring (bicyclic) bond motifs is 1. The summed E-state index contributed by atoms with van der Waals surface area (Å²) in [6, 6.07) is 21.4. The van der Waals surface area contributed by atoms with Crippen molar-refractivity contribution in [2.75, 3.05) is 32.8 Å². The highest BCUT2D eigenvalue weighted by molar-refractivity contribution is 6.07. The Morgan fingerprint density at radius 3 is 2.23 bits per heavy atom. The fraction of sp³-hybridized carbons (Fsp3) is 0.280. The summed E-state index contributed by atoms with van der Waals surface area (Å²) in [5, 5.41) is 2.03. The Hall–Kier alpha value is -3.34. The lowest BCUT2D eigenvalue weighted by atomic mass is 10.0. The van der Waals surface area contributed by atoms with Gasteiger partial charge in [0.15, 0.2) is 0 Å². The molecule has 0 aliphatic carbocycles. The summed E-state index contributed by atoms with van der Waals surface area (Å²) in [4.78, 5) is 29.5. The maximum atomic E-state index is 13.1. The van der Waals surface area contributed by atoms with Gasteiger partial charge in [-0.25, -0.2) is 0 Å². The van der Waals surface area contributed by atoms with E-state index in [4.69, 9.17) is 4.74 Å². The monoisotopic (exact) mass is 402 g/mol. The number of rotatable bonds is 5. The minimum absolute atomic E-state index is 0.0328. The second kappa shape index (κ2) is 8.99. The lowest BCUT2D eigenvalue weighted by molar-refractivity contribution is -0.131. The molecule has 1 saturated heterocycles. The number of amides is 2. The third kappa shape index (κ3) is 4.30. The van der Waals surface area contributed by atoms with E-state index in [9.17, 15) is 9.59 Å². The van der Waals surface area contributed by atoms with Gasteiger partial charge in [0.2, 0.25) is 5.91 Å². The van der Waals surface area contributed by atoms with E-state index in [-0.39, 0.29) is 11.8 Å². The average molecular weight is 402 g/mol. The highest BCUT2D eigenvalue weighted by Crippen LogP contribution is 2.21. The Morgan fingerprint density at radius 1 is 0.833 bits per heavy atom. The standard InChI is InChI=1S/C25H26N2O3/c1-2-30-21-12-10-19(11-13-21)18-24(28)26-14-16-27(17-15-26)25(29)23-9-5-7-20-6-3-4-8-22(20)23/h3-13H,2,14-18H2,1H3. The summed E-state index contributed by atoms with van der Waals surface area (Å²) in [5.74, 6) is 0.941. The zero-order valence-corrected chi connectivity index (χ0v) is 17.2. The molecule has 3 aromatic rings. The van der Waals surface area contributed by atoms with Gasteiger partial charge >= 0.3 is 0 Å². The summed E-state index contributed by atoms with van der Waals surface area (Å²) in [6.07, 6.45) is 0.365. The Labute approximate surface area is 176 Å². The first-order valence-corrected chi connectivity index (χ1v) is 10.4. The van der Waals surface area contributed by atoms with Crippen molar-refractivity contribution in [3.63, 3.8) is 0 Å². The molecule has 0 unspecified atom stereocenters. The predicted molar refractivity (Wildman–Crippen MR) is 118 cm³/mol. The summed E-state index contributed by atoms with van der Waals surface area (Å²) in [5.41, 5.74) is 1.69. The van der Waals surface area contributed by atoms with Gasteiger partial charge in [-0.3, -0.25) is 9.59 Å². The summed E-state index contributed by atoms with van der Waals surface area (Å²) in [7, 11) is 0. The normalized spacial score (nSPS) is 14.0. The SMILES string of the molecule is CCOc1ccc(CC(=O)N2CCN(C(=O)c3cccc4ccccc34)CC2)cc1. The second-order valence-electron chi connectivity index (χ2n) is 7.45. The van der Waals surface area contributed by atoms with Crippen LogP contribution in [0.2, 0.25) is 0 Å². The molecular weight excluding hydrogens is 376 g/mol. The smallest absolute Gasteiger partial charge is 0.254 e. The van der Waals surface area contributed by atoms with Gasteiger partial charge in [-0.1, -0.05) is 48.5 Å². The summed E-state index contributed by atoms with van der Waals surface area (Å²) < 4.78 is 5.45. The van der Waals surface area contributed by atoms with Crippen LogP contribution >= 0.6 is 0 Å². The summed E-state index contributed by atoms with van der Waals surface area (Å²) >= 11 is 0. The Morgan fingerprint density at radius 2 is 1.50 bits per heavy atom. The van der Waals surface area contributed by atoms with Crippen LogP contribution in [0.1, 0.15) is 22.8 Å². The van der Waals surface area contributed by atoms with Crippen LogP contribution in [-0.2, 0) is 11.2 Å². The fourth-order valence-electron chi connectivity index (χ4n) is 3.90. The topological polar surface area (TPSA) is 49.9 Å². The third-order valence-corrected chi connectivity index (χ3v) is 5.53. The van der Waals surface area contributed by atoms with Crippen molar-refractivity contribution < 1.29 is 14.3 Å². The van der Waals surface area contributed by atoms with Crippen molar-refractivity contribution in [3.05, 3.63) is 77.9 Å². The van der Waals surface area contributed by atoms with E-state index >= 15 is 0 Å². The molecule has 5 heteroatoms. The Balaban J connectivity index is 1.36. The van der Waals surface area contributed by atoms with Crippen LogP contribution in [0.3, 0.4) is 0 Å². The van der Waals surface area contributed by atoms with Gasteiger partial charge in [0, 0.05) is 31.7 Å². The molecule has 0 spiro atoms. The zero-order chi connectivity index (χ0) is 20.9. The molecule has 1 aliphatic heterocycles. The summed E-state index contributed by atoms with van der Waals surface area (Å²) in [6.45, 7) is 4.80. The maximum absolute atomic E-state index is 13.1. The molecule has 154 valence electrons. The molecule has 5 nitrogen and oxygen atoms in total. The molecule has 0 saturated carbocycles.